The monoisotopic (exact) mass is 267 g/mol. The Bertz CT molecular complexity index is 478. The van der Waals surface area contributed by atoms with Gasteiger partial charge in [-0.15, -0.1) is 0 Å². The Hall–Kier alpha value is -1.62. The zero-order valence-electron chi connectivity index (χ0n) is 10.0. The molecule has 5 nitrogen and oxygen atoms in total. The van der Waals surface area contributed by atoms with E-state index in [4.69, 9.17) is 11.6 Å². The van der Waals surface area contributed by atoms with Crippen LogP contribution in [-0.2, 0) is 16.1 Å². The van der Waals surface area contributed by atoms with Crippen LogP contribution in [0.15, 0.2) is 18.5 Å². The lowest BCUT2D eigenvalue weighted by atomic mass is 10.2. The van der Waals surface area contributed by atoms with Crippen LogP contribution in [0.3, 0.4) is 0 Å². The van der Waals surface area contributed by atoms with E-state index in [1.807, 2.05) is 0 Å². The number of carbonyl (C=O) groups is 2. The fourth-order valence-corrected chi connectivity index (χ4v) is 2.07. The fourth-order valence-electron chi connectivity index (χ4n) is 1.89. The summed E-state index contributed by atoms with van der Waals surface area (Å²) in [5.74, 6) is -0.187. The van der Waals surface area contributed by atoms with Crippen LogP contribution in [0, 0.1) is 0 Å². The minimum atomic E-state index is -0.486. The molecule has 1 aliphatic heterocycles. The van der Waals surface area contributed by atoms with Gasteiger partial charge in [-0.05, 0) is 18.6 Å². The van der Waals surface area contributed by atoms with E-state index in [9.17, 15) is 9.59 Å². The molecule has 1 aliphatic rings. The Balaban J connectivity index is 2.15. The van der Waals surface area contributed by atoms with Gasteiger partial charge in [0, 0.05) is 31.9 Å². The number of nitrogens with zero attached hydrogens (tertiary/aromatic N) is 2. The maximum Gasteiger partial charge on any atom is 0.245 e. The van der Waals surface area contributed by atoms with Crippen molar-refractivity contribution in [3.8, 4) is 0 Å². The molecule has 1 atom stereocenters. The third-order valence-electron chi connectivity index (χ3n) is 2.89. The van der Waals surface area contributed by atoms with E-state index < -0.39 is 6.04 Å². The van der Waals surface area contributed by atoms with Gasteiger partial charge in [0.2, 0.25) is 11.8 Å². The highest BCUT2D eigenvalue weighted by Gasteiger charge is 2.26. The fraction of sp³-hybridized carbons (Fsp3) is 0.417. The summed E-state index contributed by atoms with van der Waals surface area (Å²) >= 11 is 6.01. The maximum atomic E-state index is 12.1. The molecule has 0 radical (unpaired) electrons. The van der Waals surface area contributed by atoms with Crippen molar-refractivity contribution in [2.24, 2.45) is 0 Å². The molecule has 2 rings (SSSR count). The zero-order valence-corrected chi connectivity index (χ0v) is 10.8. The van der Waals surface area contributed by atoms with E-state index >= 15 is 0 Å². The summed E-state index contributed by atoms with van der Waals surface area (Å²) in [6.45, 7) is 2.50. The average molecular weight is 268 g/mol. The predicted molar refractivity (Wildman–Crippen MR) is 66.9 cm³/mol. The van der Waals surface area contributed by atoms with Gasteiger partial charge >= 0.3 is 0 Å². The molecule has 1 saturated heterocycles. The number of amides is 2. The van der Waals surface area contributed by atoms with Gasteiger partial charge < -0.3 is 10.2 Å². The number of pyridine rings is 1. The van der Waals surface area contributed by atoms with Gasteiger partial charge in [-0.3, -0.25) is 14.6 Å². The van der Waals surface area contributed by atoms with E-state index in [0.29, 0.717) is 24.5 Å². The second-order valence-corrected chi connectivity index (χ2v) is 4.67. The SMILES string of the molecule is CC1NC(=O)CCN(Cc2ccncc2Cl)C1=O. The third kappa shape index (κ3) is 2.79. The van der Waals surface area contributed by atoms with Crippen LogP contribution < -0.4 is 5.32 Å². The van der Waals surface area contributed by atoms with Crippen molar-refractivity contribution in [2.45, 2.75) is 25.9 Å². The highest BCUT2D eigenvalue weighted by Crippen LogP contribution is 2.17. The van der Waals surface area contributed by atoms with E-state index in [0.717, 1.165) is 5.56 Å². The number of aromatic nitrogens is 1. The molecule has 0 aliphatic carbocycles. The van der Waals surface area contributed by atoms with Gasteiger partial charge in [-0.25, -0.2) is 0 Å². The number of halogens is 1. The summed E-state index contributed by atoms with van der Waals surface area (Å²) in [5, 5.41) is 3.18. The number of hydrogen-bond acceptors (Lipinski definition) is 3. The third-order valence-corrected chi connectivity index (χ3v) is 3.23. The first-order valence-corrected chi connectivity index (χ1v) is 6.12. The van der Waals surface area contributed by atoms with Crippen molar-refractivity contribution in [2.75, 3.05) is 6.54 Å². The lowest BCUT2D eigenvalue weighted by Crippen LogP contribution is -2.42. The van der Waals surface area contributed by atoms with E-state index in [1.165, 1.54) is 0 Å². The van der Waals surface area contributed by atoms with Crippen LogP contribution in [0.1, 0.15) is 18.9 Å². The Kier molecular flexibility index (Phi) is 3.81. The average Bonchev–Trinajstić information content (AvgIpc) is 2.45. The van der Waals surface area contributed by atoms with Crippen molar-refractivity contribution in [1.29, 1.82) is 0 Å². The first-order valence-electron chi connectivity index (χ1n) is 5.74. The van der Waals surface area contributed by atoms with Crippen molar-refractivity contribution in [3.05, 3.63) is 29.0 Å². The smallest absolute Gasteiger partial charge is 0.245 e. The lowest BCUT2D eigenvalue weighted by molar-refractivity contribution is -0.133. The number of nitrogens with one attached hydrogen (secondary N) is 1. The molecule has 6 heteroatoms. The Morgan fingerprint density at radius 2 is 2.33 bits per heavy atom. The molecule has 18 heavy (non-hydrogen) atoms. The van der Waals surface area contributed by atoms with Crippen molar-refractivity contribution in [3.63, 3.8) is 0 Å². The lowest BCUT2D eigenvalue weighted by Gasteiger charge is -2.22. The highest BCUT2D eigenvalue weighted by molar-refractivity contribution is 6.31. The van der Waals surface area contributed by atoms with Crippen LogP contribution in [0.5, 0.6) is 0 Å². The molecular weight excluding hydrogens is 254 g/mol. The minimum Gasteiger partial charge on any atom is -0.345 e. The summed E-state index contributed by atoms with van der Waals surface area (Å²) in [4.78, 5) is 29.0. The predicted octanol–water partition coefficient (Wildman–Crippen LogP) is 0.972. The quantitative estimate of drug-likeness (QED) is 0.869. The molecule has 2 amide bonds. The summed E-state index contributed by atoms with van der Waals surface area (Å²) in [6.07, 6.45) is 3.50. The molecule has 1 unspecified atom stereocenters. The molecule has 0 spiro atoms. The van der Waals surface area contributed by atoms with Gasteiger partial charge in [0.15, 0.2) is 0 Å². The van der Waals surface area contributed by atoms with Crippen LogP contribution in [0.2, 0.25) is 5.02 Å². The summed E-state index contributed by atoms with van der Waals surface area (Å²) < 4.78 is 0. The van der Waals surface area contributed by atoms with Crippen LogP contribution >= 0.6 is 11.6 Å². The van der Waals surface area contributed by atoms with E-state index in [2.05, 4.69) is 10.3 Å². The Morgan fingerprint density at radius 1 is 1.56 bits per heavy atom. The summed E-state index contributed by atoms with van der Waals surface area (Å²) in [6, 6.07) is 1.29. The Morgan fingerprint density at radius 3 is 3.06 bits per heavy atom. The molecule has 1 N–H and O–H groups in total. The van der Waals surface area contributed by atoms with Crippen molar-refractivity contribution >= 4 is 23.4 Å². The summed E-state index contributed by atoms with van der Waals surface area (Å²) in [5.41, 5.74) is 0.835. The van der Waals surface area contributed by atoms with Gasteiger partial charge in [-0.1, -0.05) is 11.6 Å². The van der Waals surface area contributed by atoms with E-state index in [1.54, 1.807) is 30.3 Å². The highest BCUT2D eigenvalue weighted by atomic mass is 35.5. The van der Waals surface area contributed by atoms with Gasteiger partial charge in [0.1, 0.15) is 6.04 Å². The molecule has 0 saturated carbocycles. The second-order valence-electron chi connectivity index (χ2n) is 4.27. The number of carbonyl (C=O) groups excluding carboxylic acids is 2. The molecule has 0 aromatic carbocycles. The van der Waals surface area contributed by atoms with E-state index in [-0.39, 0.29) is 11.8 Å². The van der Waals surface area contributed by atoms with Gasteiger partial charge in [-0.2, -0.15) is 0 Å². The van der Waals surface area contributed by atoms with Crippen LogP contribution in [0.4, 0.5) is 0 Å². The first kappa shape index (κ1) is 12.8. The molecule has 1 fully saturated rings. The molecule has 0 bridgehead atoms. The molecule has 1 aromatic rings. The summed E-state index contributed by atoms with van der Waals surface area (Å²) in [7, 11) is 0. The van der Waals surface area contributed by atoms with Gasteiger partial charge in [0.05, 0.1) is 5.02 Å². The maximum absolute atomic E-state index is 12.1. The minimum absolute atomic E-state index is 0.0891. The van der Waals surface area contributed by atoms with Crippen molar-refractivity contribution < 1.29 is 9.59 Å². The van der Waals surface area contributed by atoms with Crippen molar-refractivity contribution in [1.82, 2.24) is 15.2 Å². The van der Waals surface area contributed by atoms with Crippen LogP contribution in [-0.4, -0.2) is 34.3 Å². The topological polar surface area (TPSA) is 62.3 Å². The zero-order chi connectivity index (χ0) is 13.1. The molecular formula is C12H14ClN3O2. The largest absolute Gasteiger partial charge is 0.345 e. The normalized spacial score (nSPS) is 20.6. The standard InChI is InChI=1S/C12H14ClN3O2/c1-8-12(18)16(5-3-11(17)15-8)7-9-2-4-14-6-10(9)13/h2,4,6,8H,3,5,7H2,1H3,(H,15,17). The second kappa shape index (κ2) is 5.35. The Labute approximate surface area is 110 Å². The molecule has 96 valence electrons. The first-order chi connectivity index (χ1) is 8.58. The van der Waals surface area contributed by atoms with Crippen LogP contribution in [0.25, 0.3) is 0 Å². The number of rotatable bonds is 2. The molecule has 1 aromatic heterocycles. The molecule has 2 heterocycles. The van der Waals surface area contributed by atoms with Gasteiger partial charge in [0.25, 0.3) is 0 Å². The number of hydrogen-bond donors (Lipinski definition) is 1.